The van der Waals surface area contributed by atoms with E-state index in [1.165, 1.54) is 11.1 Å². The van der Waals surface area contributed by atoms with Gasteiger partial charge in [-0.25, -0.2) is 0 Å². The van der Waals surface area contributed by atoms with E-state index in [1.807, 2.05) is 71.0 Å². The molecule has 2 aromatic rings. The van der Waals surface area contributed by atoms with Crippen LogP contribution in [0.4, 0.5) is 0 Å². The molecule has 0 aliphatic heterocycles. The van der Waals surface area contributed by atoms with E-state index in [0.717, 1.165) is 0 Å². The van der Waals surface area contributed by atoms with Gasteiger partial charge >= 0.3 is 0 Å². The summed E-state index contributed by atoms with van der Waals surface area (Å²) in [4.78, 5) is 0. The highest BCUT2D eigenvalue weighted by Crippen LogP contribution is 2.17. The van der Waals surface area contributed by atoms with E-state index >= 15 is 0 Å². The van der Waals surface area contributed by atoms with Gasteiger partial charge in [0.1, 0.15) is 0 Å². The molecule has 26 heavy (non-hydrogen) atoms. The fourth-order valence-corrected chi connectivity index (χ4v) is 2.07. The van der Waals surface area contributed by atoms with Crippen molar-refractivity contribution in [2.75, 3.05) is 7.11 Å². The molecule has 0 aromatic heterocycles. The summed E-state index contributed by atoms with van der Waals surface area (Å²) in [5.41, 5.74) is 2.47. The van der Waals surface area contributed by atoms with E-state index in [2.05, 4.69) is 45.0 Å². The molecule has 0 N–H and O–H groups in total. The second-order valence-electron chi connectivity index (χ2n) is 5.53. The standard InChI is InChI=1S/C11H16O.C9H12O.2C2H6/c1-9(2)12-10(3)11-7-5-4-6-8-11;1-8(10-2)9-6-4-3-5-7-9;2*1-2/h4-10H,1-3H3;3-8H,1-2H3;2*1-2H3/t;8-;;/m.0../s1. The third-order valence-corrected chi connectivity index (χ3v) is 3.37. The largest absolute Gasteiger partial charge is 0.377 e. The zero-order valence-electron chi connectivity index (χ0n) is 18.3. The molecule has 0 radical (unpaired) electrons. The number of benzene rings is 2. The summed E-state index contributed by atoms with van der Waals surface area (Å²) >= 11 is 0. The second-order valence-corrected chi connectivity index (χ2v) is 5.53. The average molecular weight is 361 g/mol. The molecule has 0 bridgehead atoms. The molecular weight excluding hydrogens is 320 g/mol. The predicted octanol–water partition coefficient (Wildman–Crippen LogP) is 7.62. The monoisotopic (exact) mass is 360 g/mol. The molecule has 2 nitrogen and oxygen atoms in total. The van der Waals surface area contributed by atoms with Crippen LogP contribution < -0.4 is 0 Å². The fraction of sp³-hybridized carbons (Fsp3) is 0.500. The van der Waals surface area contributed by atoms with Gasteiger partial charge in [-0.3, -0.25) is 0 Å². The molecule has 0 spiro atoms. The molecule has 1 unspecified atom stereocenters. The van der Waals surface area contributed by atoms with Gasteiger partial charge in [0, 0.05) is 7.11 Å². The van der Waals surface area contributed by atoms with Crippen LogP contribution in [0.25, 0.3) is 0 Å². The Hall–Kier alpha value is -1.64. The Bertz CT molecular complexity index is 494. The van der Waals surface area contributed by atoms with Crippen LogP contribution in [0, 0.1) is 0 Å². The number of methoxy groups -OCH3 is 1. The topological polar surface area (TPSA) is 18.5 Å². The maximum absolute atomic E-state index is 5.64. The lowest BCUT2D eigenvalue weighted by atomic mass is 10.1. The van der Waals surface area contributed by atoms with Gasteiger partial charge in [-0.05, 0) is 38.8 Å². The van der Waals surface area contributed by atoms with Crippen LogP contribution in [0.3, 0.4) is 0 Å². The highest BCUT2D eigenvalue weighted by atomic mass is 16.5. The van der Waals surface area contributed by atoms with Crippen LogP contribution in [0.1, 0.15) is 78.7 Å². The highest BCUT2D eigenvalue weighted by molar-refractivity contribution is 5.17. The van der Waals surface area contributed by atoms with Crippen LogP contribution in [-0.4, -0.2) is 13.2 Å². The van der Waals surface area contributed by atoms with E-state index in [0.29, 0.717) is 6.10 Å². The van der Waals surface area contributed by atoms with E-state index < -0.39 is 0 Å². The van der Waals surface area contributed by atoms with E-state index in [4.69, 9.17) is 9.47 Å². The molecule has 2 heteroatoms. The van der Waals surface area contributed by atoms with Crippen molar-refractivity contribution < 1.29 is 9.47 Å². The lowest BCUT2D eigenvalue weighted by Crippen LogP contribution is -2.06. The first kappa shape index (κ1) is 26.6. The summed E-state index contributed by atoms with van der Waals surface area (Å²) in [6, 6.07) is 20.4. The maximum Gasteiger partial charge on any atom is 0.0800 e. The van der Waals surface area contributed by atoms with Crippen molar-refractivity contribution in [3.63, 3.8) is 0 Å². The molecule has 2 rings (SSSR count). The van der Waals surface area contributed by atoms with Crippen molar-refractivity contribution in [3.8, 4) is 0 Å². The number of hydrogen-bond donors (Lipinski definition) is 0. The number of hydrogen-bond acceptors (Lipinski definition) is 2. The van der Waals surface area contributed by atoms with Crippen LogP contribution in [0.5, 0.6) is 0 Å². The summed E-state index contributed by atoms with van der Waals surface area (Å²) in [6.45, 7) is 16.2. The lowest BCUT2D eigenvalue weighted by molar-refractivity contribution is 0.0178. The molecule has 0 saturated heterocycles. The maximum atomic E-state index is 5.64. The molecule has 2 atom stereocenters. The molecule has 0 heterocycles. The van der Waals surface area contributed by atoms with Crippen molar-refractivity contribution in [3.05, 3.63) is 71.8 Å². The average Bonchev–Trinajstić information content (AvgIpc) is 2.71. The van der Waals surface area contributed by atoms with Crippen molar-refractivity contribution in [1.29, 1.82) is 0 Å². The van der Waals surface area contributed by atoms with Gasteiger partial charge < -0.3 is 9.47 Å². The Morgan fingerprint density at radius 2 is 0.923 bits per heavy atom. The summed E-state index contributed by atoms with van der Waals surface area (Å²) in [5, 5.41) is 0. The quantitative estimate of drug-likeness (QED) is 0.546. The van der Waals surface area contributed by atoms with Gasteiger partial charge in [-0.2, -0.15) is 0 Å². The van der Waals surface area contributed by atoms with Crippen LogP contribution in [0.2, 0.25) is 0 Å². The normalized spacial score (nSPS) is 11.6. The minimum absolute atomic E-state index is 0.200. The summed E-state index contributed by atoms with van der Waals surface area (Å²) < 4.78 is 10.8. The van der Waals surface area contributed by atoms with Crippen molar-refractivity contribution in [1.82, 2.24) is 0 Å². The van der Waals surface area contributed by atoms with Gasteiger partial charge in [0.15, 0.2) is 0 Å². The molecule has 148 valence electrons. The summed E-state index contributed by atoms with van der Waals surface area (Å²) in [7, 11) is 1.72. The SMILES string of the molecule is CC.CC.CC(C)OC(C)c1ccccc1.CO[C@@H](C)c1ccccc1. The van der Waals surface area contributed by atoms with E-state index in [9.17, 15) is 0 Å². The first-order valence-corrected chi connectivity index (χ1v) is 9.82. The van der Waals surface area contributed by atoms with Gasteiger partial charge in [0.2, 0.25) is 0 Å². The molecule has 0 fully saturated rings. The minimum Gasteiger partial charge on any atom is -0.377 e. The van der Waals surface area contributed by atoms with Crippen molar-refractivity contribution in [2.45, 2.75) is 73.7 Å². The van der Waals surface area contributed by atoms with Crippen LogP contribution in [0.15, 0.2) is 60.7 Å². The Balaban J connectivity index is 0. The Morgan fingerprint density at radius 1 is 0.577 bits per heavy atom. The molecule has 0 aliphatic carbocycles. The molecule has 2 aromatic carbocycles. The minimum atomic E-state index is 0.200. The van der Waals surface area contributed by atoms with Gasteiger partial charge in [0.05, 0.1) is 18.3 Å². The summed E-state index contributed by atoms with van der Waals surface area (Å²) in [6.07, 6.45) is 0.701. The Labute approximate surface area is 162 Å². The first-order chi connectivity index (χ1) is 12.5. The van der Waals surface area contributed by atoms with E-state index in [-0.39, 0.29) is 12.2 Å². The zero-order chi connectivity index (χ0) is 20.4. The number of rotatable bonds is 5. The molecule has 0 amide bonds. The second kappa shape index (κ2) is 18.2. The smallest absolute Gasteiger partial charge is 0.0800 e. The third kappa shape index (κ3) is 12.7. The predicted molar refractivity (Wildman–Crippen MR) is 116 cm³/mol. The van der Waals surface area contributed by atoms with Crippen LogP contribution >= 0.6 is 0 Å². The summed E-state index contributed by atoms with van der Waals surface area (Å²) in [5.74, 6) is 0. The molecule has 0 aliphatic rings. The van der Waals surface area contributed by atoms with E-state index in [1.54, 1.807) is 7.11 Å². The van der Waals surface area contributed by atoms with Crippen molar-refractivity contribution in [2.24, 2.45) is 0 Å². The third-order valence-electron chi connectivity index (χ3n) is 3.37. The van der Waals surface area contributed by atoms with Gasteiger partial charge in [-0.1, -0.05) is 88.4 Å². The van der Waals surface area contributed by atoms with Gasteiger partial charge in [0.25, 0.3) is 0 Å². The zero-order valence-corrected chi connectivity index (χ0v) is 18.3. The highest BCUT2D eigenvalue weighted by Gasteiger charge is 2.05. The lowest BCUT2D eigenvalue weighted by Gasteiger charge is -2.15. The molecular formula is C24H40O2. The first-order valence-electron chi connectivity index (χ1n) is 9.82. The van der Waals surface area contributed by atoms with Gasteiger partial charge in [-0.15, -0.1) is 0 Å². The van der Waals surface area contributed by atoms with Crippen molar-refractivity contribution >= 4 is 0 Å². The number of ether oxygens (including phenoxy) is 2. The Kier molecular flexibility index (Phi) is 18.6. The fourth-order valence-electron chi connectivity index (χ4n) is 2.07. The molecule has 0 saturated carbocycles. The van der Waals surface area contributed by atoms with Crippen LogP contribution in [-0.2, 0) is 9.47 Å². The Morgan fingerprint density at radius 3 is 1.23 bits per heavy atom.